The number of hydrogen-bond donors (Lipinski definition) is 2. The van der Waals surface area contributed by atoms with Crippen LogP contribution in [-0.4, -0.2) is 32.2 Å². The Kier molecular flexibility index (Phi) is 3.20. The topological polar surface area (TPSA) is 75.6 Å². The van der Waals surface area contributed by atoms with Crippen LogP contribution in [0.25, 0.3) is 11.0 Å². The highest BCUT2D eigenvalue weighted by molar-refractivity contribution is 5.97. The molecular weight excluding hydrogens is 254 g/mol. The summed E-state index contributed by atoms with van der Waals surface area (Å²) >= 11 is 0. The molecule has 0 unspecified atom stereocenters. The summed E-state index contributed by atoms with van der Waals surface area (Å²) < 4.78 is 1.81. The summed E-state index contributed by atoms with van der Waals surface area (Å²) in [5.41, 5.74) is 3.45. The molecule has 0 radical (unpaired) electrons. The van der Waals surface area contributed by atoms with E-state index in [1.807, 2.05) is 29.9 Å². The van der Waals surface area contributed by atoms with Crippen molar-refractivity contribution in [2.45, 2.75) is 6.42 Å². The average molecular weight is 269 g/mol. The maximum absolute atomic E-state index is 12.1. The van der Waals surface area contributed by atoms with Crippen LogP contribution in [0, 0.1) is 0 Å². The minimum Gasteiger partial charge on any atom is -0.352 e. The minimum atomic E-state index is -0.0799. The number of nitrogens with zero attached hydrogens (tertiary/aromatic N) is 3. The van der Waals surface area contributed by atoms with Gasteiger partial charge in [0.1, 0.15) is 0 Å². The normalized spacial score (nSPS) is 10.8. The first-order chi connectivity index (χ1) is 9.74. The van der Waals surface area contributed by atoms with E-state index in [9.17, 15) is 4.79 Å². The Morgan fingerprint density at radius 2 is 2.30 bits per heavy atom. The summed E-state index contributed by atoms with van der Waals surface area (Å²) in [5, 5.41) is 7.00. The second-order valence-electron chi connectivity index (χ2n) is 4.59. The number of amides is 1. The highest BCUT2D eigenvalue weighted by Crippen LogP contribution is 2.11. The molecule has 3 aromatic rings. The van der Waals surface area contributed by atoms with Gasteiger partial charge in [-0.25, -0.2) is 4.98 Å². The molecule has 2 heterocycles. The van der Waals surface area contributed by atoms with Crippen LogP contribution in [0.5, 0.6) is 0 Å². The number of aromatic nitrogens is 4. The highest BCUT2D eigenvalue weighted by Gasteiger charge is 2.07. The van der Waals surface area contributed by atoms with Gasteiger partial charge in [0.25, 0.3) is 5.91 Å². The average Bonchev–Trinajstić information content (AvgIpc) is 3.07. The van der Waals surface area contributed by atoms with Crippen LogP contribution >= 0.6 is 0 Å². The van der Waals surface area contributed by atoms with E-state index in [1.54, 1.807) is 18.6 Å². The number of hydrogen-bond acceptors (Lipinski definition) is 3. The van der Waals surface area contributed by atoms with Crippen molar-refractivity contribution in [3.63, 3.8) is 0 Å². The zero-order chi connectivity index (χ0) is 13.9. The monoisotopic (exact) mass is 269 g/mol. The first-order valence-electron chi connectivity index (χ1n) is 6.42. The summed E-state index contributed by atoms with van der Waals surface area (Å²) in [6.45, 7) is 0.583. The predicted octanol–water partition coefficient (Wildman–Crippen LogP) is 1.27. The number of nitrogens with one attached hydrogen (secondary N) is 2. The number of imidazole rings is 1. The fourth-order valence-electron chi connectivity index (χ4n) is 2.13. The molecule has 0 aliphatic heterocycles. The van der Waals surface area contributed by atoms with Crippen LogP contribution < -0.4 is 5.32 Å². The molecule has 0 spiro atoms. The number of carbonyl (C=O) groups is 1. The largest absolute Gasteiger partial charge is 0.352 e. The van der Waals surface area contributed by atoms with Crippen LogP contribution in [0.15, 0.2) is 36.8 Å². The fourth-order valence-corrected chi connectivity index (χ4v) is 2.13. The number of fused-ring (bicyclic) bond motifs is 1. The van der Waals surface area contributed by atoms with Crippen LogP contribution in [0.2, 0.25) is 0 Å². The second-order valence-corrected chi connectivity index (χ2v) is 4.59. The lowest BCUT2D eigenvalue weighted by atomic mass is 10.2. The van der Waals surface area contributed by atoms with E-state index in [2.05, 4.69) is 20.4 Å². The molecule has 20 heavy (non-hydrogen) atoms. The molecule has 0 aliphatic carbocycles. The number of aromatic amines is 1. The summed E-state index contributed by atoms with van der Waals surface area (Å²) in [5.74, 6) is -0.0799. The standard InChI is InChI=1S/C14H15N5O/c1-19-11(5-7-18-19)4-6-15-14(20)10-2-3-12-13(8-10)17-9-16-12/h2-3,5,7-9H,4,6H2,1H3,(H,15,20)(H,16,17). The van der Waals surface area contributed by atoms with E-state index < -0.39 is 0 Å². The Morgan fingerprint density at radius 1 is 1.40 bits per heavy atom. The summed E-state index contributed by atoms with van der Waals surface area (Å²) in [6.07, 6.45) is 4.13. The van der Waals surface area contributed by atoms with E-state index >= 15 is 0 Å². The molecule has 0 fully saturated rings. The Labute approximate surface area is 115 Å². The third kappa shape index (κ3) is 2.40. The first kappa shape index (κ1) is 12.4. The first-order valence-corrected chi connectivity index (χ1v) is 6.42. The summed E-state index contributed by atoms with van der Waals surface area (Å²) in [4.78, 5) is 19.2. The van der Waals surface area contributed by atoms with Crippen LogP contribution in [0.1, 0.15) is 16.1 Å². The quantitative estimate of drug-likeness (QED) is 0.749. The Bertz CT molecular complexity index is 743. The van der Waals surface area contributed by atoms with E-state index in [4.69, 9.17) is 0 Å². The number of aryl methyl sites for hydroxylation is 1. The van der Waals surface area contributed by atoms with Crippen molar-refractivity contribution in [3.8, 4) is 0 Å². The van der Waals surface area contributed by atoms with Gasteiger partial charge < -0.3 is 10.3 Å². The van der Waals surface area contributed by atoms with E-state index in [-0.39, 0.29) is 5.91 Å². The molecule has 0 atom stereocenters. The van der Waals surface area contributed by atoms with Crippen LogP contribution in [0.3, 0.4) is 0 Å². The number of rotatable bonds is 4. The lowest BCUT2D eigenvalue weighted by molar-refractivity contribution is 0.0954. The molecular formula is C14H15N5O. The van der Waals surface area contributed by atoms with Gasteiger partial charge in [0.2, 0.25) is 0 Å². The lowest BCUT2D eigenvalue weighted by Gasteiger charge is -2.05. The van der Waals surface area contributed by atoms with Crippen molar-refractivity contribution in [2.75, 3.05) is 6.54 Å². The molecule has 0 aliphatic rings. The van der Waals surface area contributed by atoms with Crippen molar-refractivity contribution in [1.29, 1.82) is 0 Å². The highest BCUT2D eigenvalue weighted by atomic mass is 16.1. The molecule has 6 nitrogen and oxygen atoms in total. The van der Waals surface area contributed by atoms with Gasteiger partial charge in [-0.2, -0.15) is 5.10 Å². The smallest absolute Gasteiger partial charge is 0.251 e. The van der Waals surface area contributed by atoms with Gasteiger partial charge in [-0.05, 0) is 24.3 Å². The zero-order valence-corrected chi connectivity index (χ0v) is 11.1. The third-order valence-corrected chi connectivity index (χ3v) is 3.27. The molecule has 102 valence electrons. The van der Waals surface area contributed by atoms with Gasteiger partial charge in [0.15, 0.2) is 0 Å². The van der Waals surface area contributed by atoms with Crippen molar-refractivity contribution in [3.05, 3.63) is 48.0 Å². The van der Waals surface area contributed by atoms with Gasteiger partial charge in [-0.3, -0.25) is 9.48 Å². The van der Waals surface area contributed by atoms with Crippen molar-refractivity contribution in [1.82, 2.24) is 25.1 Å². The number of H-pyrrole nitrogens is 1. The third-order valence-electron chi connectivity index (χ3n) is 3.27. The van der Waals surface area contributed by atoms with Gasteiger partial charge in [0.05, 0.1) is 17.4 Å². The molecule has 0 bridgehead atoms. The predicted molar refractivity (Wildman–Crippen MR) is 75.3 cm³/mol. The lowest BCUT2D eigenvalue weighted by Crippen LogP contribution is -2.26. The molecule has 3 rings (SSSR count). The van der Waals surface area contributed by atoms with Gasteiger partial charge in [0, 0.05) is 37.5 Å². The number of carbonyl (C=O) groups excluding carboxylic acids is 1. The van der Waals surface area contributed by atoms with Gasteiger partial charge >= 0.3 is 0 Å². The minimum absolute atomic E-state index is 0.0799. The molecule has 6 heteroatoms. The van der Waals surface area contributed by atoms with E-state index in [0.29, 0.717) is 12.1 Å². The summed E-state index contributed by atoms with van der Waals surface area (Å²) in [7, 11) is 1.89. The molecule has 2 aromatic heterocycles. The molecule has 2 N–H and O–H groups in total. The van der Waals surface area contributed by atoms with Crippen molar-refractivity contribution < 1.29 is 4.79 Å². The fraction of sp³-hybridized carbons (Fsp3) is 0.214. The zero-order valence-electron chi connectivity index (χ0n) is 11.1. The van der Waals surface area contributed by atoms with Gasteiger partial charge in [-0.1, -0.05) is 0 Å². The van der Waals surface area contributed by atoms with Crippen LogP contribution in [0.4, 0.5) is 0 Å². The van der Waals surface area contributed by atoms with E-state index in [0.717, 1.165) is 23.1 Å². The summed E-state index contributed by atoms with van der Waals surface area (Å²) in [6, 6.07) is 7.37. The van der Waals surface area contributed by atoms with E-state index in [1.165, 1.54) is 0 Å². The number of benzene rings is 1. The molecule has 0 saturated heterocycles. The maximum Gasteiger partial charge on any atom is 0.251 e. The van der Waals surface area contributed by atoms with Gasteiger partial charge in [-0.15, -0.1) is 0 Å². The second kappa shape index (κ2) is 5.16. The Hall–Kier alpha value is -2.63. The van der Waals surface area contributed by atoms with Crippen molar-refractivity contribution in [2.24, 2.45) is 7.05 Å². The van der Waals surface area contributed by atoms with Crippen molar-refractivity contribution >= 4 is 16.9 Å². The van der Waals surface area contributed by atoms with Crippen LogP contribution in [-0.2, 0) is 13.5 Å². The molecule has 1 amide bonds. The molecule has 1 aromatic carbocycles. The Balaban J connectivity index is 1.62. The maximum atomic E-state index is 12.1. The molecule has 0 saturated carbocycles. The SMILES string of the molecule is Cn1nccc1CCNC(=O)c1ccc2nc[nH]c2c1. The Morgan fingerprint density at radius 3 is 3.10 bits per heavy atom.